The lowest BCUT2D eigenvalue weighted by atomic mass is 10.1. The SMILES string of the molecule is O=C(Cc1ccsc1)NC[C@@H]1OCCc2cn(CC3CC3)nc21. The van der Waals surface area contributed by atoms with E-state index < -0.39 is 0 Å². The summed E-state index contributed by atoms with van der Waals surface area (Å²) in [7, 11) is 0. The number of nitrogens with zero attached hydrogens (tertiary/aromatic N) is 2. The van der Waals surface area contributed by atoms with Gasteiger partial charge < -0.3 is 10.1 Å². The third-order valence-electron chi connectivity index (χ3n) is 4.44. The van der Waals surface area contributed by atoms with Gasteiger partial charge in [0.05, 0.1) is 18.7 Å². The van der Waals surface area contributed by atoms with Crippen LogP contribution in [0.25, 0.3) is 0 Å². The van der Waals surface area contributed by atoms with E-state index in [-0.39, 0.29) is 12.0 Å². The maximum absolute atomic E-state index is 12.0. The van der Waals surface area contributed by atoms with Gasteiger partial charge in [-0.15, -0.1) is 0 Å². The number of aromatic nitrogens is 2. The number of carbonyl (C=O) groups is 1. The molecule has 23 heavy (non-hydrogen) atoms. The third-order valence-corrected chi connectivity index (χ3v) is 5.17. The summed E-state index contributed by atoms with van der Waals surface area (Å²) in [6, 6.07) is 1.99. The minimum absolute atomic E-state index is 0.0385. The average molecular weight is 331 g/mol. The van der Waals surface area contributed by atoms with Crippen LogP contribution in [-0.4, -0.2) is 28.8 Å². The summed E-state index contributed by atoms with van der Waals surface area (Å²) in [6.45, 7) is 2.22. The van der Waals surface area contributed by atoms with E-state index in [0.717, 1.165) is 30.1 Å². The van der Waals surface area contributed by atoms with Crippen molar-refractivity contribution in [3.05, 3.63) is 39.8 Å². The normalized spacial score (nSPS) is 20.3. The molecule has 0 unspecified atom stereocenters. The van der Waals surface area contributed by atoms with Gasteiger partial charge in [0.2, 0.25) is 5.91 Å². The van der Waals surface area contributed by atoms with E-state index in [1.165, 1.54) is 18.4 Å². The van der Waals surface area contributed by atoms with Gasteiger partial charge in [0.1, 0.15) is 6.10 Å². The van der Waals surface area contributed by atoms with E-state index in [2.05, 4.69) is 16.2 Å². The first-order valence-corrected chi connectivity index (χ1v) is 9.18. The number of amides is 1. The van der Waals surface area contributed by atoms with Crippen molar-refractivity contribution in [2.45, 2.75) is 38.3 Å². The van der Waals surface area contributed by atoms with E-state index in [0.29, 0.717) is 19.6 Å². The summed E-state index contributed by atoms with van der Waals surface area (Å²) < 4.78 is 7.90. The van der Waals surface area contributed by atoms with Crippen LogP contribution in [0.1, 0.15) is 35.8 Å². The van der Waals surface area contributed by atoms with Crippen LogP contribution in [-0.2, 0) is 28.9 Å². The predicted octanol–water partition coefficient (Wildman–Crippen LogP) is 2.33. The molecule has 5 nitrogen and oxygen atoms in total. The van der Waals surface area contributed by atoms with E-state index in [1.54, 1.807) is 11.3 Å². The lowest BCUT2D eigenvalue weighted by molar-refractivity contribution is -0.121. The van der Waals surface area contributed by atoms with Gasteiger partial charge in [0, 0.05) is 19.3 Å². The van der Waals surface area contributed by atoms with Gasteiger partial charge in [0.15, 0.2) is 0 Å². The Morgan fingerprint density at radius 1 is 1.48 bits per heavy atom. The molecule has 0 spiro atoms. The van der Waals surface area contributed by atoms with Crippen LogP contribution in [0.5, 0.6) is 0 Å². The molecule has 1 atom stereocenters. The highest BCUT2D eigenvalue weighted by atomic mass is 32.1. The van der Waals surface area contributed by atoms with Crippen molar-refractivity contribution < 1.29 is 9.53 Å². The fraction of sp³-hybridized carbons (Fsp3) is 0.529. The highest BCUT2D eigenvalue weighted by Gasteiger charge is 2.27. The first kappa shape index (κ1) is 14.9. The molecule has 4 rings (SSSR count). The summed E-state index contributed by atoms with van der Waals surface area (Å²) >= 11 is 1.61. The molecule has 6 heteroatoms. The lowest BCUT2D eigenvalue weighted by Gasteiger charge is -2.22. The fourth-order valence-corrected chi connectivity index (χ4v) is 3.66. The summed E-state index contributed by atoms with van der Waals surface area (Å²) in [5.74, 6) is 0.845. The molecule has 2 aromatic heterocycles. The molecule has 1 amide bonds. The zero-order chi connectivity index (χ0) is 15.6. The van der Waals surface area contributed by atoms with Crippen molar-refractivity contribution in [3.8, 4) is 0 Å². The number of nitrogens with one attached hydrogen (secondary N) is 1. The standard InChI is InChI=1S/C17H21N3O2S/c21-16(7-13-4-6-23-11-13)18-8-15-17-14(3-5-22-15)10-20(19-17)9-12-1-2-12/h4,6,10-12,15H,1-3,5,7-9H2,(H,18,21)/t15-/m0/s1. The molecule has 3 heterocycles. The Balaban J connectivity index is 1.36. The number of hydrogen-bond donors (Lipinski definition) is 1. The van der Waals surface area contributed by atoms with E-state index >= 15 is 0 Å². The van der Waals surface area contributed by atoms with E-state index in [1.807, 2.05) is 16.8 Å². The molecule has 2 aliphatic rings. The van der Waals surface area contributed by atoms with Crippen LogP contribution in [0, 0.1) is 5.92 Å². The van der Waals surface area contributed by atoms with Gasteiger partial charge in [-0.2, -0.15) is 16.4 Å². The number of rotatable bonds is 6. The first-order valence-electron chi connectivity index (χ1n) is 8.23. The minimum atomic E-state index is -0.120. The van der Waals surface area contributed by atoms with Crippen molar-refractivity contribution in [1.29, 1.82) is 0 Å². The maximum Gasteiger partial charge on any atom is 0.224 e. The largest absolute Gasteiger partial charge is 0.370 e. The monoisotopic (exact) mass is 331 g/mol. The van der Waals surface area contributed by atoms with Crippen LogP contribution >= 0.6 is 11.3 Å². The molecule has 0 aromatic carbocycles. The van der Waals surface area contributed by atoms with E-state index in [9.17, 15) is 4.79 Å². The van der Waals surface area contributed by atoms with Crippen molar-refractivity contribution in [3.63, 3.8) is 0 Å². The Labute approximate surface area is 139 Å². The zero-order valence-electron chi connectivity index (χ0n) is 13.0. The van der Waals surface area contributed by atoms with Crippen LogP contribution < -0.4 is 5.32 Å². The summed E-state index contributed by atoms with van der Waals surface area (Å²) in [4.78, 5) is 12.0. The lowest BCUT2D eigenvalue weighted by Crippen LogP contribution is -2.32. The van der Waals surface area contributed by atoms with Gasteiger partial charge in [0.25, 0.3) is 0 Å². The molecule has 1 aliphatic carbocycles. The van der Waals surface area contributed by atoms with Gasteiger partial charge in [-0.1, -0.05) is 0 Å². The van der Waals surface area contributed by atoms with Crippen LogP contribution in [0.4, 0.5) is 0 Å². The molecule has 1 fully saturated rings. The average Bonchev–Trinajstić information content (AvgIpc) is 3.04. The summed E-state index contributed by atoms with van der Waals surface area (Å²) in [5, 5.41) is 11.7. The van der Waals surface area contributed by atoms with Crippen LogP contribution in [0.3, 0.4) is 0 Å². The smallest absolute Gasteiger partial charge is 0.224 e. The third kappa shape index (κ3) is 3.64. The Bertz CT molecular complexity index is 676. The number of fused-ring (bicyclic) bond motifs is 1. The minimum Gasteiger partial charge on any atom is -0.370 e. The topological polar surface area (TPSA) is 56.1 Å². The van der Waals surface area contributed by atoms with Crippen molar-refractivity contribution in [2.24, 2.45) is 5.92 Å². The second-order valence-corrected chi connectivity index (χ2v) is 7.21. The highest BCUT2D eigenvalue weighted by Crippen LogP contribution is 2.32. The summed E-state index contributed by atoms with van der Waals surface area (Å²) in [6.07, 6.45) is 6.03. The van der Waals surface area contributed by atoms with Gasteiger partial charge >= 0.3 is 0 Å². The Morgan fingerprint density at radius 3 is 3.17 bits per heavy atom. The molecular weight excluding hydrogens is 310 g/mol. The van der Waals surface area contributed by atoms with Crippen molar-refractivity contribution in [1.82, 2.24) is 15.1 Å². The van der Waals surface area contributed by atoms with Gasteiger partial charge in [-0.05, 0) is 53.1 Å². The maximum atomic E-state index is 12.0. The van der Waals surface area contributed by atoms with Gasteiger partial charge in [-0.25, -0.2) is 0 Å². The number of carbonyl (C=O) groups excluding carboxylic acids is 1. The summed E-state index contributed by atoms with van der Waals surface area (Å²) in [5.41, 5.74) is 3.34. The molecule has 122 valence electrons. The molecule has 1 saturated carbocycles. The molecule has 1 N–H and O–H groups in total. The molecule has 2 aromatic rings. The molecular formula is C17H21N3O2S. The fourth-order valence-electron chi connectivity index (χ4n) is 2.99. The van der Waals surface area contributed by atoms with Crippen LogP contribution in [0.2, 0.25) is 0 Å². The first-order chi connectivity index (χ1) is 11.3. The van der Waals surface area contributed by atoms with Crippen molar-refractivity contribution in [2.75, 3.05) is 13.2 Å². The zero-order valence-corrected chi connectivity index (χ0v) is 13.8. The molecule has 0 bridgehead atoms. The second kappa shape index (κ2) is 6.45. The molecule has 0 radical (unpaired) electrons. The Hall–Kier alpha value is -1.66. The number of thiophene rings is 1. The van der Waals surface area contributed by atoms with Crippen LogP contribution in [0.15, 0.2) is 23.0 Å². The Morgan fingerprint density at radius 2 is 2.39 bits per heavy atom. The Kier molecular flexibility index (Phi) is 4.18. The highest BCUT2D eigenvalue weighted by molar-refractivity contribution is 7.07. The second-order valence-electron chi connectivity index (χ2n) is 6.43. The quantitative estimate of drug-likeness (QED) is 0.884. The predicted molar refractivity (Wildman–Crippen MR) is 88.4 cm³/mol. The molecule has 1 aliphatic heterocycles. The van der Waals surface area contributed by atoms with E-state index in [4.69, 9.17) is 9.84 Å². The number of hydrogen-bond acceptors (Lipinski definition) is 4. The number of ether oxygens (including phenoxy) is 1. The van der Waals surface area contributed by atoms with Gasteiger partial charge in [-0.3, -0.25) is 9.48 Å². The van der Waals surface area contributed by atoms with Crippen molar-refractivity contribution >= 4 is 17.2 Å². The molecule has 0 saturated heterocycles.